The first-order valence-electron chi connectivity index (χ1n) is 6.96. The third kappa shape index (κ3) is 6.71. The molecule has 1 aromatic rings. The number of hydrogen-bond donors (Lipinski definition) is 3. The molecule has 116 valence electrons. The highest BCUT2D eigenvalue weighted by atomic mass is 16.5. The van der Waals surface area contributed by atoms with Crippen LogP contribution in [0.1, 0.15) is 36.7 Å². The van der Waals surface area contributed by atoms with E-state index < -0.39 is 12.0 Å². The number of carbonyl (C=O) groups is 2. The lowest BCUT2D eigenvalue weighted by Crippen LogP contribution is -2.30. The summed E-state index contributed by atoms with van der Waals surface area (Å²) in [5.74, 6) is -1.18. The Morgan fingerprint density at radius 3 is 2.81 bits per heavy atom. The summed E-state index contributed by atoms with van der Waals surface area (Å²) in [7, 11) is 0. The van der Waals surface area contributed by atoms with Crippen molar-refractivity contribution in [3.63, 3.8) is 0 Å². The minimum Gasteiger partial charge on any atom is -0.476 e. The molecule has 2 amide bonds. The highest BCUT2D eigenvalue weighted by Gasteiger charge is 2.12. The number of carboxylic acid groups (broad SMARTS) is 1. The largest absolute Gasteiger partial charge is 0.476 e. The quantitative estimate of drug-likeness (QED) is 0.606. The van der Waals surface area contributed by atoms with Crippen LogP contribution in [0, 0.1) is 0 Å². The first kappa shape index (κ1) is 16.9. The second-order valence-corrected chi connectivity index (χ2v) is 4.41. The first-order valence-corrected chi connectivity index (χ1v) is 6.96. The van der Waals surface area contributed by atoms with Gasteiger partial charge in [0.1, 0.15) is 0 Å². The Balaban J connectivity index is 2.27. The lowest BCUT2D eigenvalue weighted by atomic mass is 10.3. The highest BCUT2D eigenvalue weighted by molar-refractivity contribution is 5.98. The molecule has 1 aromatic heterocycles. The van der Waals surface area contributed by atoms with Crippen molar-refractivity contribution in [1.82, 2.24) is 10.3 Å². The molecule has 0 unspecified atom stereocenters. The Kier molecular flexibility index (Phi) is 7.81. The maximum absolute atomic E-state index is 11.6. The van der Waals surface area contributed by atoms with Crippen LogP contribution in [-0.4, -0.2) is 41.8 Å². The van der Waals surface area contributed by atoms with E-state index in [1.807, 2.05) is 0 Å². The standard InChI is InChI=1S/C14H21N3O4/c1-2-3-9-21-10-5-8-16-14(20)17-11-6-4-7-15-12(11)13(18)19/h4,6-7H,2-3,5,8-10H2,1H3,(H,18,19)(H2,16,17,20). The topological polar surface area (TPSA) is 101 Å². The molecular weight excluding hydrogens is 274 g/mol. The van der Waals surface area contributed by atoms with Crippen molar-refractivity contribution in [2.45, 2.75) is 26.2 Å². The van der Waals surface area contributed by atoms with Crippen molar-refractivity contribution < 1.29 is 19.4 Å². The second kappa shape index (κ2) is 9.71. The Morgan fingerprint density at radius 1 is 1.33 bits per heavy atom. The number of amides is 2. The number of ether oxygens (including phenoxy) is 1. The fourth-order valence-corrected chi connectivity index (χ4v) is 1.57. The highest BCUT2D eigenvalue weighted by Crippen LogP contribution is 2.11. The van der Waals surface area contributed by atoms with Gasteiger partial charge in [-0.2, -0.15) is 0 Å². The number of urea groups is 1. The molecular formula is C14H21N3O4. The molecule has 7 heteroatoms. The van der Waals surface area contributed by atoms with Gasteiger partial charge in [-0.3, -0.25) is 0 Å². The fourth-order valence-electron chi connectivity index (χ4n) is 1.57. The lowest BCUT2D eigenvalue weighted by Gasteiger charge is -2.09. The van der Waals surface area contributed by atoms with E-state index in [4.69, 9.17) is 9.84 Å². The fraction of sp³-hybridized carbons (Fsp3) is 0.500. The van der Waals surface area contributed by atoms with Gasteiger partial charge >= 0.3 is 12.0 Å². The van der Waals surface area contributed by atoms with Gasteiger partial charge in [-0.15, -0.1) is 0 Å². The van der Waals surface area contributed by atoms with Gasteiger partial charge in [0.25, 0.3) is 0 Å². The number of nitrogens with one attached hydrogen (secondary N) is 2. The number of carbonyl (C=O) groups excluding carboxylic acids is 1. The van der Waals surface area contributed by atoms with E-state index in [0.29, 0.717) is 19.6 Å². The molecule has 0 saturated carbocycles. The number of anilines is 1. The van der Waals surface area contributed by atoms with Crippen LogP contribution in [0.4, 0.5) is 10.5 Å². The summed E-state index contributed by atoms with van der Waals surface area (Å²) < 4.78 is 5.37. The number of hydrogen-bond acceptors (Lipinski definition) is 4. The molecule has 1 rings (SSSR count). The molecule has 0 fully saturated rings. The number of aromatic nitrogens is 1. The molecule has 3 N–H and O–H groups in total. The molecule has 1 heterocycles. The molecule has 0 spiro atoms. The maximum atomic E-state index is 11.6. The van der Waals surface area contributed by atoms with Crippen LogP contribution in [-0.2, 0) is 4.74 Å². The molecule has 0 saturated heterocycles. The van der Waals surface area contributed by atoms with E-state index in [9.17, 15) is 9.59 Å². The molecule has 0 aliphatic rings. The molecule has 0 aliphatic carbocycles. The average molecular weight is 295 g/mol. The smallest absolute Gasteiger partial charge is 0.356 e. The van der Waals surface area contributed by atoms with E-state index in [2.05, 4.69) is 22.5 Å². The molecule has 0 bridgehead atoms. The molecule has 0 aromatic carbocycles. The number of pyridine rings is 1. The average Bonchev–Trinajstić information content (AvgIpc) is 2.46. The number of nitrogens with zero attached hydrogens (tertiary/aromatic N) is 1. The Morgan fingerprint density at radius 2 is 2.10 bits per heavy atom. The van der Waals surface area contributed by atoms with Crippen molar-refractivity contribution in [3.8, 4) is 0 Å². The van der Waals surface area contributed by atoms with Gasteiger partial charge in [0.05, 0.1) is 5.69 Å². The first-order chi connectivity index (χ1) is 10.1. The SMILES string of the molecule is CCCCOCCCNC(=O)Nc1cccnc1C(=O)O. The molecule has 7 nitrogen and oxygen atoms in total. The van der Waals surface area contributed by atoms with Crippen LogP contribution >= 0.6 is 0 Å². The number of unbranched alkanes of at least 4 members (excludes halogenated alkanes) is 1. The number of aromatic carboxylic acids is 1. The van der Waals surface area contributed by atoms with Crippen molar-refractivity contribution >= 4 is 17.7 Å². The van der Waals surface area contributed by atoms with Crippen LogP contribution in [0.25, 0.3) is 0 Å². The van der Waals surface area contributed by atoms with Crippen LogP contribution < -0.4 is 10.6 Å². The van der Waals surface area contributed by atoms with Crippen LogP contribution in [0.2, 0.25) is 0 Å². The van der Waals surface area contributed by atoms with Gasteiger partial charge < -0.3 is 20.5 Å². The van der Waals surface area contributed by atoms with Crippen LogP contribution in [0.15, 0.2) is 18.3 Å². The molecule has 21 heavy (non-hydrogen) atoms. The van der Waals surface area contributed by atoms with E-state index in [0.717, 1.165) is 19.4 Å². The van der Waals surface area contributed by atoms with Gasteiger partial charge in [0.2, 0.25) is 0 Å². The third-order valence-electron chi connectivity index (χ3n) is 2.65. The summed E-state index contributed by atoms with van der Waals surface area (Å²) in [5.41, 5.74) is -0.0164. The summed E-state index contributed by atoms with van der Waals surface area (Å²) >= 11 is 0. The predicted octanol–water partition coefficient (Wildman–Crippen LogP) is 2.11. The van der Waals surface area contributed by atoms with Crippen molar-refractivity contribution in [3.05, 3.63) is 24.0 Å². The summed E-state index contributed by atoms with van der Waals surface area (Å²) in [4.78, 5) is 26.3. The van der Waals surface area contributed by atoms with Crippen molar-refractivity contribution in [2.24, 2.45) is 0 Å². The molecule has 0 radical (unpaired) electrons. The minimum absolute atomic E-state index is 0.168. The van der Waals surface area contributed by atoms with Gasteiger partial charge in [0.15, 0.2) is 5.69 Å². The molecule has 0 atom stereocenters. The van der Waals surface area contributed by atoms with Crippen molar-refractivity contribution in [2.75, 3.05) is 25.1 Å². The van der Waals surface area contributed by atoms with Gasteiger partial charge in [-0.05, 0) is 25.0 Å². The van der Waals surface area contributed by atoms with E-state index in [-0.39, 0.29) is 11.4 Å². The Bertz CT molecular complexity index is 465. The summed E-state index contributed by atoms with van der Waals surface area (Å²) in [6.45, 7) is 3.88. The maximum Gasteiger partial charge on any atom is 0.356 e. The summed E-state index contributed by atoms with van der Waals surface area (Å²) in [5, 5.41) is 14.1. The third-order valence-corrected chi connectivity index (χ3v) is 2.65. The Labute approximate surface area is 123 Å². The zero-order valence-electron chi connectivity index (χ0n) is 12.1. The summed E-state index contributed by atoms with van der Waals surface area (Å²) in [6, 6.07) is 2.59. The monoisotopic (exact) mass is 295 g/mol. The molecule has 0 aliphatic heterocycles. The zero-order valence-corrected chi connectivity index (χ0v) is 12.1. The number of carboxylic acids is 1. The van der Waals surface area contributed by atoms with E-state index in [1.54, 1.807) is 6.07 Å². The van der Waals surface area contributed by atoms with Crippen LogP contribution in [0.5, 0.6) is 0 Å². The van der Waals surface area contributed by atoms with Gasteiger partial charge in [-0.1, -0.05) is 13.3 Å². The van der Waals surface area contributed by atoms with E-state index >= 15 is 0 Å². The van der Waals surface area contributed by atoms with Crippen molar-refractivity contribution in [1.29, 1.82) is 0 Å². The summed E-state index contributed by atoms with van der Waals surface area (Å²) in [6.07, 6.45) is 4.20. The Hall–Kier alpha value is -2.15. The normalized spacial score (nSPS) is 10.1. The van der Waals surface area contributed by atoms with Crippen LogP contribution in [0.3, 0.4) is 0 Å². The lowest BCUT2D eigenvalue weighted by molar-refractivity contribution is 0.0691. The zero-order chi connectivity index (χ0) is 15.5. The number of rotatable bonds is 9. The predicted molar refractivity (Wildman–Crippen MR) is 78.6 cm³/mol. The van der Waals surface area contributed by atoms with E-state index in [1.165, 1.54) is 12.3 Å². The minimum atomic E-state index is -1.18. The second-order valence-electron chi connectivity index (χ2n) is 4.41. The van der Waals surface area contributed by atoms with Gasteiger partial charge in [0, 0.05) is 26.0 Å². The van der Waals surface area contributed by atoms with Gasteiger partial charge in [-0.25, -0.2) is 14.6 Å².